The zero-order valence-corrected chi connectivity index (χ0v) is 7.61. The summed E-state index contributed by atoms with van der Waals surface area (Å²) in [4.78, 5) is 10.5. The van der Waals surface area contributed by atoms with Crippen LogP contribution in [-0.4, -0.2) is 26.0 Å². The summed E-state index contributed by atoms with van der Waals surface area (Å²) >= 11 is 0. The minimum atomic E-state index is 0.0568. The second-order valence-corrected chi connectivity index (χ2v) is 2.93. The minimum Gasteiger partial charge on any atom is -0.356 e. The molecule has 0 aliphatic heterocycles. The van der Waals surface area contributed by atoms with Crippen molar-refractivity contribution in [2.75, 3.05) is 20.1 Å². The molecule has 0 radical (unpaired) electrons. The van der Waals surface area contributed by atoms with Crippen molar-refractivity contribution in [3.05, 3.63) is 0 Å². The molecule has 3 nitrogen and oxygen atoms in total. The maximum absolute atomic E-state index is 10.5. The van der Waals surface area contributed by atoms with Crippen molar-refractivity contribution >= 4 is 5.91 Å². The molecular formula is C8H18N2O. The van der Waals surface area contributed by atoms with Gasteiger partial charge in [0.25, 0.3) is 0 Å². The lowest BCUT2D eigenvalue weighted by molar-refractivity contribution is -0.119. The summed E-state index contributed by atoms with van der Waals surface area (Å²) in [6.45, 7) is 5.48. The number of amides is 1. The summed E-state index contributed by atoms with van der Waals surface area (Å²) < 4.78 is 0. The topological polar surface area (TPSA) is 41.1 Å². The van der Waals surface area contributed by atoms with Gasteiger partial charge in [-0.1, -0.05) is 6.92 Å². The van der Waals surface area contributed by atoms with Crippen LogP contribution in [0.3, 0.4) is 0 Å². The Kier molecular flexibility index (Phi) is 5.84. The molecule has 0 rings (SSSR count). The highest BCUT2D eigenvalue weighted by atomic mass is 16.1. The van der Waals surface area contributed by atoms with Crippen molar-refractivity contribution in [2.24, 2.45) is 5.92 Å². The van der Waals surface area contributed by atoms with Crippen LogP contribution in [0.25, 0.3) is 0 Å². The minimum absolute atomic E-state index is 0.0568. The molecule has 0 bridgehead atoms. The van der Waals surface area contributed by atoms with Gasteiger partial charge in [0.15, 0.2) is 0 Å². The van der Waals surface area contributed by atoms with Crippen LogP contribution in [0.5, 0.6) is 0 Å². The molecule has 0 spiro atoms. The molecule has 1 amide bonds. The zero-order valence-electron chi connectivity index (χ0n) is 7.61. The Hall–Kier alpha value is -0.570. The molecule has 0 saturated heterocycles. The Morgan fingerprint density at radius 1 is 1.55 bits per heavy atom. The first kappa shape index (κ1) is 10.4. The molecular weight excluding hydrogens is 140 g/mol. The highest BCUT2D eigenvalue weighted by Gasteiger charge is 2.00. The van der Waals surface area contributed by atoms with E-state index in [9.17, 15) is 4.79 Å². The van der Waals surface area contributed by atoms with E-state index >= 15 is 0 Å². The van der Waals surface area contributed by atoms with Crippen molar-refractivity contribution in [2.45, 2.75) is 20.3 Å². The number of nitrogens with one attached hydrogen (secondary N) is 2. The fourth-order valence-electron chi connectivity index (χ4n) is 0.811. The normalized spacial score (nSPS) is 12.6. The third kappa shape index (κ3) is 7.33. The van der Waals surface area contributed by atoms with Gasteiger partial charge in [0.2, 0.25) is 5.91 Å². The number of rotatable bonds is 5. The van der Waals surface area contributed by atoms with Crippen LogP contribution < -0.4 is 10.6 Å². The average Bonchev–Trinajstić information content (AvgIpc) is 1.97. The molecule has 0 aromatic heterocycles. The zero-order chi connectivity index (χ0) is 8.69. The number of carbonyl (C=O) groups is 1. The van der Waals surface area contributed by atoms with E-state index in [1.165, 1.54) is 0 Å². The Bertz CT molecular complexity index is 115. The van der Waals surface area contributed by atoms with E-state index in [-0.39, 0.29) is 5.91 Å². The van der Waals surface area contributed by atoms with Gasteiger partial charge in [0.1, 0.15) is 0 Å². The van der Waals surface area contributed by atoms with Gasteiger partial charge in [-0.2, -0.15) is 0 Å². The highest BCUT2D eigenvalue weighted by molar-refractivity contribution is 5.72. The van der Waals surface area contributed by atoms with Crippen LogP contribution in [0.1, 0.15) is 20.3 Å². The lowest BCUT2D eigenvalue weighted by atomic mass is 10.1. The Morgan fingerprint density at radius 3 is 2.64 bits per heavy atom. The van der Waals surface area contributed by atoms with Crippen molar-refractivity contribution in [3.8, 4) is 0 Å². The van der Waals surface area contributed by atoms with Crippen molar-refractivity contribution < 1.29 is 4.79 Å². The van der Waals surface area contributed by atoms with Gasteiger partial charge < -0.3 is 10.6 Å². The van der Waals surface area contributed by atoms with E-state index in [4.69, 9.17) is 0 Å². The molecule has 0 fully saturated rings. The second-order valence-electron chi connectivity index (χ2n) is 2.93. The van der Waals surface area contributed by atoms with Gasteiger partial charge in [-0.15, -0.1) is 0 Å². The van der Waals surface area contributed by atoms with Crippen molar-refractivity contribution in [1.82, 2.24) is 10.6 Å². The predicted molar refractivity (Wildman–Crippen MR) is 46.4 cm³/mol. The third-order valence-corrected chi connectivity index (χ3v) is 1.59. The lowest BCUT2D eigenvalue weighted by Gasteiger charge is -2.10. The van der Waals surface area contributed by atoms with E-state index in [0.29, 0.717) is 5.92 Å². The summed E-state index contributed by atoms with van der Waals surface area (Å²) in [6.07, 6.45) is 1.11. The Balaban J connectivity index is 3.22. The summed E-state index contributed by atoms with van der Waals surface area (Å²) in [5.74, 6) is 0.618. The van der Waals surface area contributed by atoms with Crippen molar-refractivity contribution in [3.63, 3.8) is 0 Å². The van der Waals surface area contributed by atoms with Crippen LogP contribution in [0, 0.1) is 5.92 Å². The molecule has 3 heteroatoms. The first-order valence-corrected chi connectivity index (χ1v) is 4.06. The van der Waals surface area contributed by atoms with Crippen LogP contribution in [0.15, 0.2) is 0 Å². The maximum Gasteiger partial charge on any atom is 0.216 e. The maximum atomic E-state index is 10.5. The molecule has 0 aliphatic carbocycles. The van der Waals surface area contributed by atoms with Gasteiger partial charge in [0.05, 0.1) is 0 Å². The highest BCUT2D eigenvalue weighted by Crippen LogP contribution is 1.97. The van der Waals surface area contributed by atoms with Crippen LogP contribution in [0.4, 0.5) is 0 Å². The van der Waals surface area contributed by atoms with Gasteiger partial charge >= 0.3 is 0 Å². The first-order valence-electron chi connectivity index (χ1n) is 4.06. The summed E-state index contributed by atoms with van der Waals surface area (Å²) in [5.41, 5.74) is 0. The molecule has 0 aliphatic rings. The van der Waals surface area contributed by atoms with Crippen LogP contribution in [-0.2, 0) is 4.79 Å². The largest absolute Gasteiger partial charge is 0.356 e. The number of hydrogen-bond acceptors (Lipinski definition) is 2. The summed E-state index contributed by atoms with van der Waals surface area (Å²) in [6, 6.07) is 0. The van der Waals surface area contributed by atoms with Gasteiger partial charge in [-0.3, -0.25) is 4.79 Å². The summed E-state index contributed by atoms with van der Waals surface area (Å²) in [7, 11) is 1.94. The Morgan fingerprint density at radius 2 is 2.18 bits per heavy atom. The molecule has 11 heavy (non-hydrogen) atoms. The van der Waals surface area contributed by atoms with Crippen LogP contribution in [0.2, 0.25) is 0 Å². The fraction of sp³-hybridized carbons (Fsp3) is 0.875. The fourth-order valence-corrected chi connectivity index (χ4v) is 0.811. The van der Waals surface area contributed by atoms with Gasteiger partial charge in [-0.25, -0.2) is 0 Å². The van der Waals surface area contributed by atoms with E-state index in [0.717, 1.165) is 19.5 Å². The molecule has 0 aromatic carbocycles. The van der Waals surface area contributed by atoms with Crippen molar-refractivity contribution in [1.29, 1.82) is 0 Å². The number of carbonyl (C=O) groups excluding carboxylic acids is 1. The molecule has 66 valence electrons. The third-order valence-electron chi connectivity index (χ3n) is 1.59. The summed E-state index contributed by atoms with van der Waals surface area (Å²) in [5, 5.41) is 5.86. The van der Waals surface area contributed by atoms with E-state index < -0.39 is 0 Å². The van der Waals surface area contributed by atoms with Gasteiger partial charge in [-0.05, 0) is 25.9 Å². The molecule has 2 N–H and O–H groups in total. The van der Waals surface area contributed by atoms with E-state index in [2.05, 4.69) is 17.6 Å². The van der Waals surface area contributed by atoms with E-state index in [1.54, 1.807) is 6.92 Å². The lowest BCUT2D eigenvalue weighted by Crippen LogP contribution is -2.27. The first-order chi connectivity index (χ1) is 5.16. The smallest absolute Gasteiger partial charge is 0.216 e. The molecule has 0 unspecified atom stereocenters. The molecule has 1 atom stereocenters. The standard InChI is InChI=1S/C8H18N2O/c1-7(4-5-9-3)6-10-8(2)11/h7,9H,4-6H2,1-3H3,(H,10,11)/t7-/m0/s1. The number of hydrogen-bond donors (Lipinski definition) is 2. The van der Waals surface area contributed by atoms with E-state index in [1.807, 2.05) is 7.05 Å². The molecule has 0 saturated carbocycles. The quantitative estimate of drug-likeness (QED) is 0.607. The average molecular weight is 158 g/mol. The van der Waals surface area contributed by atoms with Crippen LogP contribution >= 0.6 is 0 Å². The Labute approximate surface area is 68.6 Å². The van der Waals surface area contributed by atoms with Gasteiger partial charge in [0, 0.05) is 13.5 Å². The monoisotopic (exact) mass is 158 g/mol. The SMILES string of the molecule is CNCC[C@H](C)CNC(C)=O. The molecule has 0 heterocycles. The molecule has 0 aromatic rings. The predicted octanol–water partition coefficient (Wildman–Crippen LogP) is 0.368. The second kappa shape index (κ2) is 6.16.